The molecule has 120 valence electrons. The fraction of sp³-hybridized carbons (Fsp3) is 0.333. The Balaban J connectivity index is 1.75. The lowest BCUT2D eigenvalue weighted by atomic mass is 10.1. The maximum atomic E-state index is 10.6. The predicted octanol–water partition coefficient (Wildman–Crippen LogP) is 1.82. The summed E-state index contributed by atoms with van der Waals surface area (Å²) in [7, 11) is 0. The van der Waals surface area contributed by atoms with Crippen LogP contribution in [0.4, 0.5) is 5.82 Å². The molecule has 23 heavy (non-hydrogen) atoms. The summed E-state index contributed by atoms with van der Waals surface area (Å²) < 4.78 is 3.25. The van der Waals surface area contributed by atoms with Crippen LogP contribution >= 0.6 is 0 Å². The quantitative estimate of drug-likeness (QED) is 0.572. The van der Waals surface area contributed by atoms with E-state index in [1.807, 2.05) is 30.5 Å². The number of aryl methyl sites for hydroxylation is 2. The standard InChI is InChI=1S/C15H17N5O3/c1-10-5-13-14(6-11(10)2)18(9-16-13)7-12(21)8-19-4-3-15(17-19)20(22)23/h3-6,9,12,21H,7-8H2,1-2H3/t12-/m0/s1. The van der Waals surface area contributed by atoms with E-state index in [9.17, 15) is 15.2 Å². The molecule has 1 aromatic carbocycles. The monoisotopic (exact) mass is 315 g/mol. The van der Waals surface area contributed by atoms with E-state index < -0.39 is 11.0 Å². The molecule has 0 aliphatic heterocycles. The Morgan fingerprint density at radius 1 is 1.30 bits per heavy atom. The molecule has 0 amide bonds. The molecule has 1 atom stereocenters. The fourth-order valence-corrected chi connectivity index (χ4v) is 2.51. The molecule has 0 saturated carbocycles. The van der Waals surface area contributed by atoms with Gasteiger partial charge < -0.3 is 19.8 Å². The molecule has 8 nitrogen and oxygen atoms in total. The molecule has 0 radical (unpaired) electrons. The molecule has 3 aromatic rings. The highest BCUT2D eigenvalue weighted by Gasteiger charge is 2.15. The first-order chi connectivity index (χ1) is 10.9. The molecule has 0 spiro atoms. The van der Waals surface area contributed by atoms with Gasteiger partial charge in [0.2, 0.25) is 0 Å². The molecule has 3 rings (SSSR count). The van der Waals surface area contributed by atoms with Gasteiger partial charge in [-0.25, -0.2) is 4.98 Å². The van der Waals surface area contributed by atoms with Gasteiger partial charge in [0, 0.05) is 0 Å². The van der Waals surface area contributed by atoms with Crippen molar-refractivity contribution in [3.8, 4) is 0 Å². The van der Waals surface area contributed by atoms with Gasteiger partial charge in [-0.15, -0.1) is 0 Å². The molecule has 0 aliphatic rings. The molecule has 2 aromatic heterocycles. The number of fused-ring (bicyclic) bond motifs is 1. The molecule has 0 bridgehead atoms. The van der Waals surface area contributed by atoms with E-state index in [0.717, 1.165) is 16.6 Å². The minimum absolute atomic E-state index is 0.179. The van der Waals surface area contributed by atoms with Crippen LogP contribution in [-0.4, -0.2) is 35.5 Å². The lowest BCUT2D eigenvalue weighted by molar-refractivity contribution is -0.389. The average molecular weight is 315 g/mol. The van der Waals surface area contributed by atoms with Crippen LogP contribution in [-0.2, 0) is 13.1 Å². The zero-order chi connectivity index (χ0) is 16.6. The average Bonchev–Trinajstić information content (AvgIpc) is 3.08. The van der Waals surface area contributed by atoms with E-state index >= 15 is 0 Å². The number of aliphatic hydroxyl groups excluding tert-OH is 1. The highest BCUT2D eigenvalue weighted by molar-refractivity contribution is 5.77. The highest BCUT2D eigenvalue weighted by atomic mass is 16.6. The van der Waals surface area contributed by atoms with Crippen LogP contribution in [0.1, 0.15) is 11.1 Å². The smallest absolute Gasteiger partial charge is 0.389 e. The van der Waals surface area contributed by atoms with Gasteiger partial charge in [-0.2, -0.15) is 4.68 Å². The van der Waals surface area contributed by atoms with Gasteiger partial charge >= 0.3 is 5.82 Å². The molecule has 0 unspecified atom stereocenters. The van der Waals surface area contributed by atoms with Gasteiger partial charge in [0.05, 0.1) is 53.9 Å². The number of nitro groups is 1. The summed E-state index contributed by atoms with van der Waals surface area (Å²) >= 11 is 0. The molecule has 0 aliphatic carbocycles. The summed E-state index contributed by atoms with van der Waals surface area (Å²) in [5.74, 6) is -0.226. The van der Waals surface area contributed by atoms with Gasteiger partial charge in [-0.3, -0.25) is 0 Å². The molecule has 8 heteroatoms. The minimum Gasteiger partial charge on any atom is -0.389 e. The molecule has 1 N–H and O–H groups in total. The van der Waals surface area contributed by atoms with Crippen LogP contribution in [0.5, 0.6) is 0 Å². The summed E-state index contributed by atoms with van der Waals surface area (Å²) in [5.41, 5.74) is 4.18. The highest BCUT2D eigenvalue weighted by Crippen LogP contribution is 2.19. The summed E-state index contributed by atoms with van der Waals surface area (Å²) in [5, 5.41) is 24.6. The van der Waals surface area contributed by atoms with Crippen LogP contribution in [0.2, 0.25) is 0 Å². The fourth-order valence-electron chi connectivity index (χ4n) is 2.51. The van der Waals surface area contributed by atoms with E-state index in [0.29, 0.717) is 6.54 Å². The largest absolute Gasteiger partial charge is 0.389 e. The third-order valence-electron chi connectivity index (χ3n) is 3.86. The summed E-state index contributed by atoms with van der Waals surface area (Å²) in [6, 6.07) is 5.37. The molecular weight excluding hydrogens is 298 g/mol. The Labute approximate surface area is 132 Å². The van der Waals surface area contributed by atoms with Crippen molar-refractivity contribution in [2.24, 2.45) is 0 Å². The molecule has 0 saturated heterocycles. The summed E-state index contributed by atoms with van der Waals surface area (Å²) in [6.07, 6.45) is 2.45. The van der Waals surface area contributed by atoms with Crippen molar-refractivity contribution in [1.82, 2.24) is 19.3 Å². The lowest BCUT2D eigenvalue weighted by Gasteiger charge is -2.11. The van der Waals surface area contributed by atoms with Crippen molar-refractivity contribution >= 4 is 16.9 Å². The van der Waals surface area contributed by atoms with Gasteiger partial charge in [0.1, 0.15) is 0 Å². The van der Waals surface area contributed by atoms with E-state index in [-0.39, 0.29) is 12.4 Å². The SMILES string of the molecule is Cc1cc2ncn(C[C@H](O)Cn3ccc([N+](=O)[O-])n3)c2cc1C. The molecule has 2 heterocycles. The van der Waals surface area contributed by atoms with Gasteiger partial charge in [-0.1, -0.05) is 0 Å². The first-order valence-electron chi connectivity index (χ1n) is 7.22. The van der Waals surface area contributed by atoms with Gasteiger partial charge in [0.15, 0.2) is 0 Å². The second-order valence-corrected chi connectivity index (χ2v) is 5.63. The first-order valence-corrected chi connectivity index (χ1v) is 7.22. The van der Waals surface area contributed by atoms with Crippen molar-refractivity contribution in [2.75, 3.05) is 0 Å². The van der Waals surface area contributed by atoms with Crippen LogP contribution in [0.3, 0.4) is 0 Å². The Hall–Kier alpha value is -2.74. The zero-order valence-corrected chi connectivity index (χ0v) is 12.9. The van der Waals surface area contributed by atoms with Crippen molar-refractivity contribution < 1.29 is 10.0 Å². The van der Waals surface area contributed by atoms with Gasteiger partial charge in [0.25, 0.3) is 0 Å². The zero-order valence-electron chi connectivity index (χ0n) is 12.9. The van der Waals surface area contributed by atoms with Crippen LogP contribution in [0, 0.1) is 24.0 Å². The number of nitrogens with zero attached hydrogens (tertiary/aromatic N) is 5. The second-order valence-electron chi connectivity index (χ2n) is 5.63. The van der Waals surface area contributed by atoms with Crippen molar-refractivity contribution in [2.45, 2.75) is 33.0 Å². The van der Waals surface area contributed by atoms with E-state index in [1.165, 1.54) is 22.5 Å². The minimum atomic E-state index is -0.728. The Morgan fingerprint density at radius 2 is 2.04 bits per heavy atom. The second kappa shape index (κ2) is 5.81. The third-order valence-corrected chi connectivity index (χ3v) is 3.86. The number of benzene rings is 1. The molecular formula is C15H17N5O3. The summed E-state index contributed by atoms with van der Waals surface area (Å²) in [4.78, 5) is 14.4. The van der Waals surface area contributed by atoms with Crippen molar-refractivity contribution in [3.05, 3.63) is 52.0 Å². The van der Waals surface area contributed by atoms with E-state index in [1.54, 1.807) is 6.33 Å². The number of hydrogen-bond donors (Lipinski definition) is 1. The predicted molar refractivity (Wildman–Crippen MR) is 84.1 cm³/mol. The number of aromatic nitrogens is 4. The first kappa shape index (κ1) is 15.2. The van der Waals surface area contributed by atoms with E-state index in [2.05, 4.69) is 10.1 Å². The number of imidazole rings is 1. The topological polar surface area (TPSA) is 99.0 Å². The number of aliphatic hydroxyl groups is 1. The Morgan fingerprint density at radius 3 is 2.74 bits per heavy atom. The maximum Gasteiger partial charge on any atom is 0.389 e. The number of rotatable bonds is 5. The van der Waals surface area contributed by atoms with Crippen LogP contribution in [0.25, 0.3) is 11.0 Å². The lowest BCUT2D eigenvalue weighted by Crippen LogP contribution is -2.22. The number of hydrogen-bond acceptors (Lipinski definition) is 5. The van der Waals surface area contributed by atoms with Crippen LogP contribution < -0.4 is 0 Å². The third kappa shape index (κ3) is 3.07. The Kier molecular flexibility index (Phi) is 3.83. The van der Waals surface area contributed by atoms with Gasteiger partial charge in [-0.05, 0) is 42.0 Å². The molecule has 0 fully saturated rings. The van der Waals surface area contributed by atoms with Crippen molar-refractivity contribution in [1.29, 1.82) is 0 Å². The Bertz CT molecular complexity index is 867. The van der Waals surface area contributed by atoms with Crippen molar-refractivity contribution in [3.63, 3.8) is 0 Å². The maximum absolute atomic E-state index is 10.6. The summed E-state index contributed by atoms with van der Waals surface area (Å²) in [6.45, 7) is 4.59. The normalized spacial score (nSPS) is 12.7. The van der Waals surface area contributed by atoms with E-state index in [4.69, 9.17) is 0 Å². The van der Waals surface area contributed by atoms with Crippen LogP contribution in [0.15, 0.2) is 30.7 Å².